The monoisotopic (exact) mass is 350 g/mol. The Kier molecular flexibility index (Phi) is 8.88. The Morgan fingerprint density at radius 1 is 1.04 bits per heavy atom. The summed E-state index contributed by atoms with van der Waals surface area (Å²) in [6, 6.07) is 0. The molecular weight excluding hydrogens is 312 g/mol. The van der Waals surface area contributed by atoms with Crippen LogP contribution in [-0.4, -0.2) is 17.9 Å². The highest BCUT2D eigenvalue weighted by Crippen LogP contribution is 2.35. The fraction of sp³-hybridized carbons (Fsp3) is 0.818. The van der Waals surface area contributed by atoms with Gasteiger partial charge in [0.1, 0.15) is 6.10 Å². The molecule has 4 unspecified atom stereocenters. The number of allylic oxidation sites excluding steroid dienone is 2. The minimum Gasteiger partial charge on any atom is -0.462 e. The predicted octanol–water partition coefficient (Wildman–Crippen LogP) is 5.72. The molecule has 2 aliphatic rings. The highest BCUT2D eigenvalue weighted by Gasteiger charge is 2.32. The standard InChI is InChI=1S/C12H22O2.C10H16O/c1-8(2)11-6-5-9(3)7-12(11)14-10(4)13;1-7(2)9-5-4-8(3)6-10(9)11/h8-9,11-12H,5-7H2,1-4H3;8H,4-6H2,1-3H3. The molecule has 2 aliphatic carbocycles. The van der Waals surface area contributed by atoms with Crippen molar-refractivity contribution in [3.8, 4) is 0 Å². The number of rotatable bonds is 2. The summed E-state index contributed by atoms with van der Waals surface area (Å²) >= 11 is 0. The van der Waals surface area contributed by atoms with Crippen molar-refractivity contribution in [1.82, 2.24) is 0 Å². The van der Waals surface area contributed by atoms with E-state index in [1.165, 1.54) is 31.8 Å². The van der Waals surface area contributed by atoms with Crippen LogP contribution in [0.15, 0.2) is 11.1 Å². The average Bonchev–Trinajstić information content (AvgIpc) is 2.46. The maximum absolute atomic E-state index is 11.4. The molecule has 2 saturated carbocycles. The second-order valence-corrected chi connectivity index (χ2v) is 8.72. The van der Waals surface area contributed by atoms with Gasteiger partial charge in [0.25, 0.3) is 0 Å². The zero-order valence-corrected chi connectivity index (χ0v) is 17.4. The van der Waals surface area contributed by atoms with Crippen molar-refractivity contribution in [3.63, 3.8) is 0 Å². The van der Waals surface area contributed by atoms with Gasteiger partial charge in [0.2, 0.25) is 0 Å². The molecule has 0 spiro atoms. The molecule has 0 N–H and O–H groups in total. The van der Waals surface area contributed by atoms with Crippen LogP contribution in [0.2, 0.25) is 0 Å². The first-order valence-electron chi connectivity index (χ1n) is 9.98. The Balaban J connectivity index is 0.000000257. The Hall–Kier alpha value is -1.12. The first kappa shape index (κ1) is 21.9. The maximum Gasteiger partial charge on any atom is 0.302 e. The topological polar surface area (TPSA) is 43.4 Å². The molecule has 25 heavy (non-hydrogen) atoms. The molecule has 0 heterocycles. The van der Waals surface area contributed by atoms with Crippen molar-refractivity contribution in [2.45, 2.75) is 93.1 Å². The number of esters is 1. The van der Waals surface area contributed by atoms with Crippen LogP contribution in [0.4, 0.5) is 0 Å². The first-order chi connectivity index (χ1) is 11.6. The van der Waals surface area contributed by atoms with Crippen LogP contribution in [0, 0.1) is 23.7 Å². The molecule has 4 atom stereocenters. The van der Waals surface area contributed by atoms with Gasteiger partial charge in [-0.15, -0.1) is 0 Å². The lowest BCUT2D eigenvalue weighted by molar-refractivity contribution is -0.153. The molecule has 0 saturated heterocycles. The van der Waals surface area contributed by atoms with Crippen LogP contribution < -0.4 is 0 Å². The van der Waals surface area contributed by atoms with Crippen molar-refractivity contribution in [2.75, 3.05) is 0 Å². The second kappa shape index (κ2) is 10.1. The van der Waals surface area contributed by atoms with Crippen LogP contribution in [-0.2, 0) is 14.3 Å². The molecule has 2 rings (SSSR count). The summed E-state index contributed by atoms with van der Waals surface area (Å²) in [6.45, 7) is 14.4. The Labute approximate surface area is 154 Å². The van der Waals surface area contributed by atoms with E-state index in [0.29, 0.717) is 29.5 Å². The molecule has 0 radical (unpaired) electrons. The van der Waals surface area contributed by atoms with E-state index in [-0.39, 0.29) is 12.1 Å². The SMILES string of the molecule is CC(=O)OC1CC(C)CCC1C(C)C.CC(C)=C1CCC(C)CC1=O. The maximum atomic E-state index is 11.4. The fourth-order valence-corrected chi connectivity index (χ4v) is 4.06. The lowest BCUT2D eigenvalue weighted by Gasteiger charge is -2.36. The van der Waals surface area contributed by atoms with Crippen LogP contribution >= 0.6 is 0 Å². The van der Waals surface area contributed by atoms with Crippen LogP contribution in [0.3, 0.4) is 0 Å². The first-order valence-corrected chi connectivity index (χ1v) is 9.98. The zero-order chi connectivity index (χ0) is 19.1. The summed E-state index contributed by atoms with van der Waals surface area (Å²) in [5.74, 6) is 2.74. The van der Waals surface area contributed by atoms with Crippen molar-refractivity contribution in [2.24, 2.45) is 23.7 Å². The number of hydrogen-bond donors (Lipinski definition) is 0. The molecule has 0 amide bonds. The van der Waals surface area contributed by atoms with E-state index in [1.807, 2.05) is 13.8 Å². The average molecular weight is 351 g/mol. The minimum absolute atomic E-state index is 0.130. The summed E-state index contributed by atoms with van der Waals surface area (Å²) in [5.41, 5.74) is 2.30. The number of Topliss-reactive ketones (excluding diaryl/α,β-unsaturated/α-hetero) is 1. The normalized spacial score (nSPS) is 29.8. The van der Waals surface area contributed by atoms with E-state index >= 15 is 0 Å². The summed E-state index contributed by atoms with van der Waals surface area (Å²) < 4.78 is 5.40. The number of carbonyl (C=O) groups is 2. The molecule has 0 aromatic carbocycles. The van der Waals surface area contributed by atoms with E-state index in [4.69, 9.17) is 4.74 Å². The lowest BCUT2D eigenvalue weighted by Crippen LogP contribution is -2.35. The number of hydrogen-bond acceptors (Lipinski definition) is 3. The van der Waals surface area contributed by atoms with Crippen molar-refractivity contribution in [3.05, 3.63) is 11.1 Å². The van der Waals surface area contributed by atoms with Gasteiger partial charge in [0.15, 0.2) is 5.78 Å². The van der Waals surface area contributed by atoms with E-state index in [2.05, 4.69) is 27.7 Å². The molecule has 2 fully saturated rings. The summed E-state index contributed by atoms with van der Waals surface area (Å²) in [7, 11) is 0. The molecule has 0 aliphatic heterocycles. The van der Waals surface area contributed by atoms with E-state index in [9.17, 15) is 9.59 Å². The van der Waals surface area contributed by atoms with Crippen LogP contribution in [0.5, 0.6) is 0 Å². The van der Waals surface area contributed by atoms with Gasteiger partial charge in [-0.05, 0) is 68.8 Å². The minimum atomic E-state index is -0.130. The Morgan fingerprint density at radius 2 is 1.68 bits per heavy atom. The third-order valence-electron chi connectivity index (χ3n) is 5.64. The second-order valence-electron chi connectivity index (χ2n) is 8.72. The van der Waals surface area contributed by atoms with Gasteiger partial charge in [-0.2, -0.15) is 0 Å². The molecule has 0 aromatic heterocycles. The molecule has 3 heteroatoms. The van der Waals surface area contributed by atoms with Crippen LogP contribution in [0.25, 0.3) is 0 Å². The van der Waals surface area contributed by atoms with Crippen molar-refractivity contribution >= 4 is 11.8 Å². The van der Waals surface area contributed by atoms with Gasteiger partial charge >= 0.3 is 5.97 Å². The summed E-state index contributed by atoms with van der Waals surface area (Å²) in [4.78, 5) is 22.4. The summed E-state index contributed by atoms with van der Waals surface area (Å²) in [5, 5.41) is 0. The van der Waals surface area contributed by atoms with Crippen molar-refractivity contribution < 1.29 is 14.3 Å². The molecule has 0 bridgehead atoms. The van der Waals surface area contributed by atoms with Gasteiger partial charge in [-0.1, -0.05) is 39.7 Å². The molecular formula is C22H38O3. The lowest BCUT2D eigenvalue weighted by atomic mass is 9.75. The third-order valence-corrected chi connectivity index (χ3v) is 5.64. The quantitative estimate of drug-likeness (QED) is 0.472. The highest BCUT2D eigenvalue weighted by atomic mass is 16.5. The predicted molar refractivity (Wildman–Crippen MR) is 103 cm³/mol. The number of ketones is 1. The van der Waals surface area contributed by atoms with Gasteiger partial charge in [0, 0.05) is 13.3 Å². The van der Waals surface area contributed by atoms with Gasteiger partial charge in [0.05, 0.1) is 0 Å². The Morgan fingerprint density at radius 3 is 2.16 bits per heavy atom. The molecule has 3 nitrogen and oxygen atoms in total. The fourth-order valence-electron chi connectivity index (χ4n) is 4.06. The number of ether oxygens (including phenoxy) is 1. The smallest absolute Gasteiger partial charge is 0.302 e. The summed E-state index contributed by atoms with van der Waals surface area (Å²) in [6.07, 6.45) is 6.64. The van der Waals surface area contributed by atoms with Crippen molar-refractivity contribution in [1.29, 1.82) is 0 Å². The van der Waals surface area contributed by atoms with Crippen LogP contribution in [0.1, 0.15) is 87.0 Å². The molecule has 144 valence electrons. The van der Waals surface area contributed by atoms with Gasteiger partial charge in [-0.25, -0.2) is 0 Å². The zero-order valence-electron chi connectivity index (χ0n) is 17.4. The van der Waals surface area contributed by atoms with E-state index < -0.39 is 0 Å². The van der Waals surface area contributed by atoms with E-state index in [1.54, 1.807) is 0 Å². The third kappa shape index (κ3) is 7.33. The van der Waals surface area contributed by atoms with E-state index in [0.717, 1.165) is 24.8 Å². The van der Waals surface area contributed by atoms with Gasteiger partial charge in [-0.3, -0.25) is 9.59 Å². The number of carbonyl (C=O) groups excluding carboxylic acids is 2. The largest absolute Gasteiger partial charge is 0.462 e. The molecule has 0 aromatic rings. The van der Waals surface area contributed by atoms with Gasteiger partial charge < -0.3 is 4.74 Å². The Bertz CT molecular complexity index is 486. The highest BCUT2D eigenvalue weighted by molar-refractivity contribution is 5.96.